The molecule has 1 fully saturated rings. The lowest BCUT2D eigenvalue weighted by atomic mass is 9.92. The van der Waals surface area contributed by atoms with Crippen molar-refractivity contribution in [1.82, 2.24) is 25.0 Å². The summed E-state index contributed by atoms with van der Waals surface area (Å²) in [7, 11) is 0. The minimum Gasteiger partial charge on any atom is -0.438 e. The first-order valence-electron chi connectivity index (χ1n) is 13.1. The van der Waals surface area contributed by atoms with E-state index in [-0.39, 0.29) is 23.2 Å². The summed E-state index contributed by atoms with van der Waals surface area (Å²) in [5, 5.41) is 6.76. The summed E-state index contributed by atoms with van der Waals surface area (Å²) in [4.78, 5) is 13.5. The van der Waals surface area contributed by atoms with Crippen LogP contribution in [0.4, 0.5) is 10.3 Å². The van der Waals surface area contributed by atoms with Crippen LogP contribution in [0.25, 0.3) is 11.3 Å². The first-order chi connectivity index (χ1) is 19.4. The fourth-order valence-corrected chi connectivity index (χ4v) is 5.33. The number of rotatable bonds is 9. The van der Waals surface area contributed by atoms with E-state index in [0.29, 0.717) is 33.9 Å². The lowest BCUT2D eigenvalue weighted by Crippen LogP contribution is -2.38. The monoisotopic (exact) mass is 562 g/mol. The molecule has 1 aliphatic heterocycles. The molecule has 40 heavy (non-hydrogen) atoms. The first kappa shape index (κ1) is 27.8. The van der Waals surface area contributed by atoms with Crippen LogP contribution in [-0.4, -0.2) is 42.8 Å². The van der Waals surface area contributed by atoms with Gasteiger partial charge in [-0.3, -0.25) is 4.55 Å². The first-order valence-corrected chi connectivity index (χ1v) is 14.2. The molecular formula is C29H31FN6O3S. The molecule has 11 heteroatoms. The van der Waals surface area contributed by atoms with Crippen molar-refractivity contribution in [3.05, 3.63) is 95.1 Å². The number of piperidine rings is 1. The molecule has 0 saturated carbocycles. The SMILES string of the molecule is Cc1c(Oc2ncccc2-c2ccnc(N[C@H]3CCCNC3)n2)cc(F)c([C@@H](NS(=O)O)c2ccccc2)c1C. The number of halogens is 1. The summed E-state index contributed by atoms with van der Waals surface area (Å²) < 4.78 is 45.8. The molecular weight excluding hydrogens is 531 g/mol. The topological polar surface area (TPSA) is 121 Å². The van der Waals surface area contributed by atoms with Crippen molar-refractivity contribution in [3.8, 4) is 22.9 Å². The molecule has 208 valence electrons. The standard InChI is InChI=1S/C29H31FN6O3S/c1-18-19(2)26(27(36-40(37)38)20-8-4-3-5-9-20)23(30)16-25(18)39-28-22(11-7-14-32-28)24-12-15-33-29(35-24)34-21-10-6-13-31-17-21/h3-5,7-9,11-12,14-16,21,27,31,36H,6,10,13,17H2,1-2H3,(H,37,38)(H,33,34,35)/t21-,27-/m0/s1. The van der Waals surface area contributed by atoms with Crippen molar-refractivity contribution < 1.29 is 17.9 Å². The Morgan fingerprint density at radius 3 is 2.67 bits per heavy atom. The summed E-state index contributed by atoms with van der Waals surface area (Å²) in [5.74, 6) is 0.507. The van der Waals surface area contributed by atoms with E-state index >= 15 is 4.39 Å². The fraction of sp³-hybridized carbons (Fsp3) is 0.276. The zero-order chi connectivity index (χ0) is 28.1. The van der Waals surface area contributed by atoms with Crippen LogP contribution in [0, 0.1) is 19.7 Å². The number of ether oxygens (including phenoxy) is 1. The number of benzene rings is 2. The highest BCUT2D eigenvalue weighted by molar-refractivity contribution is 7.77. The molecule has 1 aliphatic rings. The van der Waals surface area contributed by atoms with Gasteiger partial charge in [0.25, 0.3) is 0 Å². The highest BCUT2D eigenvalue weighted by Gasteiger charge is 2.25. The minimum absolute atomic E-state index is 0.248. The molecule has 4 aromatic rings. The molecule has 3 heterocycles. The Kier molecular flexibility index (Phi) is 8.75. The maximum absolute atomic E-state index is 15.7. The third kappa shape index (κ3) is 6.34. The molecule has 2 aromatic carbocycles. The molecule has 0 bridgehead atoms. The third-order valence-corrected chi connectivity index (χ3v) is 7.47. The highest BCUT2D eigenvalue weighted by atomic mass is 32.2. The molecule has 0 aliphatic carbocycles. The van der Waals surface area contributed by atoms with Crippen molar-refractivity contribution in [1.29, 1.82) is 0 Å². The van der Waals surface area contributed by atoms with Crippen molar-refractivity contribution in [2.24, 2.45) is 0 Å². The van der Waals surface area contributed by atoms with Crippen LogP contribution < -0.4 is 20.1 Å². The van der Waals surface area contributed by atoms with Gasteiger partial charge in [0.2, 0.25) is 23.1 Å². The number of hydrogen-bond donors (Lipinski definition) is 4. The molecule has 2 aromatic heterocycles. The van der Waals surface area contributed by atoms with E-state index in [1.54, 1.807) is 55.7 Å². The molecule has 9 nitrogen and oxygen atoms in total. The van der Waals surface area contributed by atoms with Gasteiger partial charge in [-0.15, -0.1) is 0 Å². The lowest BCUT2D eigenvalue weighted by molar-refractivity contribution is 0.453. The van der Waals surface area contributed by atoms with Crippen LogP contribution in [0.2, 0.25) is 0 Å². The molecule has 3 atom stereocenters. The van der Waals surface area contributed by atoms with Crippen LogP contribution >= 0.6 is 0 Å². The predicted octanol–water partition coefficient (Wildman–Crippen LogP) is 5.07. The second-order valence-corrected chi connectivity index (χ2v) is 10.4. The Hall–Kier alpha value is -3.77. The van der Waals surface area contributed by atoms with Gasteiger partial charge >= 0.3 is 0 Å². The number of nitrogens with zero attached hydrogens (tertiary/aromatic N) is 3. The maximum Gasteiger partial charge on any atom is 0.232 e. The average molecular weight is 563 g/mol. The number of hydrogen-bond acceptors (Lipinski definition) is 7. The van der Waals surface area contributed by atoms with Gasteiger partial charge < -0.3 is 15.4 Å². The molecule has 1 unspecified atom stereocenters. The second-order valence-electron chi connectivity index (χ2n) is 9.64. The molecule has 4 N–H and O–H groups in total. The Balaban J connectivity index is 1.46. The van der Waals surface area contributed by atoms with E-state index in [4.69, 9.17) is 9.72 Å². The smallest absolute Gasteiger partial charge is 0.232 e. The second kappa shape index (κ2) is 12.6. The van der Waals surface area contributed by atoms with E-state index < -0.39 is 23.1 Å². The zero-order valence-electron chi connectivity index (χ0n) is 22.2. The lowest BCUT2D eigenvalue weighted by Gasteiger charge is -2.24. The Morgan fingerprint density at radius 2 is 1.93 bits per heavy atom. The van der Waals surface area contributed by atoms with E-state index in [2.05, 4.69) is 25.3 Å². The van der Waals surface area contributed by atoms with Gasteiger partial charge in [0.15, 0.2) is 0 Å². The van der Waals surface area contributed by atoms with Crippen LogP contribution in [0.3, 0.4) is 0 Å². The Bertz CT molecular complexity index is 1500. The summed E-state index contributed by atoms with van der Waals surface area (Å²) in [6, 6.07) is 15.1. The Morgan fingerprint density at radius 1 is 1.10 bits per heavy atom. The minimum atomic E-state index is -2.36. The number of anilines is 1. The van der Waals surface area contributed by atoms with Crippen LogP contribution in [0.5, 0.6) is 11.6 Å². The van der Waals surface area contributed by atoms with Gasteiger partial charge in [0.1, 0.15) is 11.6 Å². The van der Waals surface area contributed by atoms with E-state index in [0.717, 1.165) is 25.9 Å². The highest BCUT2D eigenvalue weighted by Crippen LogP contribution is 2.37. The van der Waals surface area contributed by atoms with Gasteiger partial charge in [-0.2, -0.15) is 0 Å². The van der Waals surface area contributed by atoms with Gasteiger partial charge in [0.05, 0.1) is 17.3 Å². The Labute approximate surface area is 235 Å². The predicted molar refractivity (Wildman–Crippen MR) is 153 cm³/mol. The quantitative estimate of drug-likeness (QED) is 0.209. The maximum atomic E-state index is 15.7. The summed E-state index contributed by atoms with van der Waals surface area (Å²) >= 11 is -2.36. The van der Waals surface area contributed by atoms with Gasteiger partial charge in [-0.25, -0.2) is 28.3 Å². The van der Waals surface area contributed by atoms with Gasteiger partial charge in [-0.05, 0) is 68.1 Å². The summed E-state index contributed by atoms with van der Waals surface area (Å²) in [5.41, 5.74) is 3.45. The summed E-state index contributed by atoms with van der Waals surface area (Å²) in [6.07, 6.45) is 5.41. The van der Waals surface area contributed by atoms with Crippen molar-refractivity contribution in [3.63, 3.8) is 0 Å². The van der Waals surface area contributed by atoms with Crippen LogP contribution in [0.1, 0.15) is 41.1 Å². The number of pyridine rings is 1. The summed E-state index contributed by atoms with van der Waals surface area (Å²) in [6.45, 7) is 5.45. The number of nitrogens with one attached hydrogen (secondary N) is 3. The van der Waals surface area contributed by atoms with E-state index in [9.17, 15) is 8.76 Å². The number of aromatic nitrogens is 3. The van der Waals surface area contributed by atoms with Crippen molar-refractivity contribution in [2.75, 3.05) is 18.4 Å². The molecule has 1 saturated heterocycles. The van der Waals surface area contributed by atoms with E-state index in [1.807, 2.05) is 19.1 Å². The van der Waals surface area contributed by atoms with Crippen LogP contribution in [0.15, 0.2) is 67.0 Å². The average Bonchev–Trinajstić information content (AvgIpc) is 2.96. The largest absolute Gasteiger partial charge is 0.438 e. The normalized spacial score (nSPS) is 16.8. The molecule has 5 rings (SSSR count). The van der Waals surface area contributed by atoms with Crippen molar-refractivity contribution in [2.45, 2.75) is 38.8 Å². The third-order valence-electron chi connectivity index (χ3n) is 7.03. The van der Waals surface area contributed by atoms with Gasteiger partial charge in [-0.1, -0.05) is 30.3 Å². The molecule has 0 spiro atoms. The van der Waals surface area contributed by atoms with Crippen molar-refractivity contribution >= 4 is 17.2 Å². The van der Waals surface area contributed by atoms with Crippen LogP contribution in [-0.2, 0) is 11.3 Å². The zero-order valence-corrected chi connectivity index (χ0v) is 23.0. The molecule has 0 radical (unpaired) electrons. The molecule has 0 amide bonds. The van der Waals surface area contributed by atoms with E-state index in [1.165, 1.54) is 6.07 Å². The van der Waals surface area contributed by atoms with Gasteiger partial charge in [0, 0.05) is 36.6 Å². The fourth-order valence-electron chi connectivity index (χ4n) is 4.87.